The van der Waals surface area contributed by atoms with Gasteiger partial charge in [0.15, 0.2) is 0 Å². The van der Waals surface area contributed by atoms with Crippen LogP contribution in [0.15, 0.2) is 27.7 Å². The van der Waals surface area contributed by atoms with Gasteiger partial charge in [-0.1, -0.05) is 0 Å². The van der Waals surface area contributed by atoms with Crippen molar-refractivity contribution in [2.24, 2.45) is 0 Å². The zero-order valence-electron chi connectivity index (χ0n) is 11.6. The molecule has 0 aromatic carbocycles. The van der Waals surface area contributed by atoms with Gasteiger partial charge in [-0.3, -0.25) is 9.69 Å². The Morgan fingerprint density at radius 1 is 1.24 bits per heavy atom. The molecule has 0 spiro atoms. The first-order chi connectivity index (χ1) is 10.3. The number of hydrogen-bond acceptors (Lipinski definition) is 5. The average molecular weight is 319 g/mol. The van der Waals surface area contributed by atoms with Crippen LogP contribution in [0, 0.1) is 0 Å². The van der Waals surface area contributed by atoms with Gasteiger partial charge >= 0.3 is 0 Å². The van der Waals surface area contributed by atoms with Gasteiger partial charge in [-0.15, -0.1) is 11.3 Å². The number of thiophene rings is 1. The summed E-state index contributed by atoms with van der Waals surface area (Å²) in [5.74, 6) is 0.112. The maximum Gasteiger partial charge on any atom is 0.273 e. The number of carbonyl (C=O) groups is 1. The molecule has 0 aliphatic carbocycles. The smallest absolute Gasteiger partial charge is 0.273 e. The molecule has 0 radical (unpaired) electrons. The highest BCUT2D eigenvalue weighted by molar-refractivity contribution is 7.08. The molecule has 110 valence electrons. The van der Waals surface area contributed by atoms with E-state index in [1.807, 2.05) is 10.3 Å². The van der Waals surface area contributed by atoms with Gasteiger partial charge in [0, 0.05) is 37.1 Å². The summed E-state index contributed by atoms with van der Waals surface area (Å²) in [6, 6.07) is 3.09. The predicted octanol–water partition coefficient (Wildman–Crippen LogP) is 2.69. The van der Waals surface area contributed by atoms with E-state index in [1.165, 1.54) is 16.9 Å². The van der Waals surface area contributed by atoms with Crippen molar-refractivity contribution in [2.45, 2.75) is 31.5 Å². The van der Waals surface area contributed by atoms with Gasteiger partial charge in [-0.2, -0.15) is 11.3 Å². The summed E-state index contributed by atoms with van der Waals surface area (Å²) >= 11 is 3.24. The van der Waals surface area contributed by atoms with Crippen LogP contribution < -0.4 is 0 Å². The third kappa shape index (κ3) is 2.41. The Hall–Kier alpha value is -1.24. The van der Waals surface area contributed by atoms with Gasteiger partial charge in [0.1, 0.15) is 5.69 Å². The average Bonchev–Trinajstić information content (AvgIpc) is 3.26. The molecule has 0 N–H and O–H groups in total. The molecule has 0 bridgehead atoms. The number of amides is 1. The lowest BCUT2D eigenvalue weighted by atomic mass is 10.1. The van der Waals surface area contributed by atoms with Crippen molar-refractivity contribution < 1.29 is 4.79 Å². The fraction of sp³-hybridized carbons (Fsp3) is 0.467. The number of aromatic nitrogens is 1. The number of thiazole rings is 1. The monoisotopic (exact) mass is 319 g/mol. The van der Waals surface area contributed by atoms with Gasteiger partial charge in [0.25, 0.3) is 5.91 Å². The molecule has 2 aromatic heterocycles. The van der Waals surface area contributed by atoms with Crippen molar-refractivity contribution in [3.8, 4) is 0 Å². The quantitative estimate of drug-likeness (QED) is 0.873. The van der Waals surface area contributed by atoms with E-state index in [0.29, 0.717) is 17.8 Å². The van der Waals surface area contributed by atoms with E-state index in [1.54, 1.807) is 16.8 Å². The second-order valence-electron chi connectivity index (χ2n) is 5.69. The van der Waals surface area contributed by atoms with Crippen LogP contribution in [0.2, 0.25) is 0 Å². The third-order valence-corrected chi connectivity index (χ3v) is 5.89. The molecule has 2 atom stereocenters. The molecular weight excluding hydrogens is 302 g/mol. The number of rotatable bonds is 3. The van der Waals surface area contributed by atoms with Crippen LogP contribution in [0.5, 0.6) is 0 Å². The first-order valence-electron chi connectivity index (χ1n) is 7.27. The molecule has 4 heterocycles. The fourth-order valence-electron chi connectivity index (χ4n) is 3.61. The number of nitrogens with zero attached hydrogens (tertiary/aromatic N) is 3. The summed E-state index contributed by atoms with van der Waals surface area (Å²) in [4.78, 5) is 21.3. The summed E-state index contributed by atoms with van der Waals surface area (Å²) in [5, 5.41) is 6.21. The summed E-state index contributed by atoms with van der Waals surface area (Å²) in [6.07, 6.45) is 2.18. The van der Waals surface area contributed by atoms with Crippen molar-refractivity contribution >= 4 is 28.6 Å². The minimum atomic E-state index is 0.112. The van der Waals surface area contributed by atoms with Gasteiger partial charge in [-0.25, -0.2) is 4.98 Å². The topological polar surface area (TPSA) is 36.4 Å². The minimum Gasteiger partial charge on any atom is -0.333 e. The Labute approximate surface area is 132 Å². The standard InChI is InChI=1S/C15H17N3OS2/c19-15(12-9-21-10-16-12)18-5-2-13-14(18)1-4-17(13)7-11-3-6-20-8-11/h3,6,8-10,13-14H,1-2,4-5,7H2/t13-,14+/m1/s1. The number of likely N-dealkylation sites (tertiary alicyclic amines) is 2. The molecule has 4 rings (SSSR count). The van der Waals surface area contributed by atoms with Crippen LogP contribution in [-0.4, -0.2) is 45.9 Å². The highest BCUT2D eigenvalue weighted by atomic mass is 32.1. The molecule has 1 amide bonds. The van der Waals surface area contributed by atoms with Crippen LogP contribution in [-0.2, 0) is 6.54 Å². The Kier molecular flexibility index (Phi) is 3.52. The van der Waals surface area contributed by atoms with Gasteiger partial charge < -0.3 is 4.90 Å². The van der Waals surface area contributed by atoms with E-state index < -0.39 is 0 Å². The SMILES string of the molecule is O=C(c1cscn1)N1CC[C@@H]2[C@@H]1CCN2Cc1ccsc1. The van der Waals surface area contributed by atoms with Crippen LogP contribution in [0.3, 0.4) is 0 Å². The summed E-state index contributed by atoms with van der Waals surface area (Å²) in [7, 11) is 0. The molecule has 0 unspecified atom stereocenters. The lowest BCUT2D eigenvalue weighted by Gasteiger charge is -2.25. The maximum absolute atomic E-state index is 12.5. The number of fused-ring (bicyclic) bond motifs is 1. The second kappa shape index (κ2) is 5.51. The zero-order chi connectivity index (χ0) is 14.2. The fourth-order valence-corrected chi connectivity index (χ4v) is 4.79. The van der Waals surface area contributed by atoms with Crippen molar-refractivity contribution in [2.75, 3.05) is 13.1 Å². The first-order valence-corrected chi connectivity index (χ1v) is 9.16. The zero-order valence-corrected chi connectivity index (χ0v) is 13.3. The van der Waals surface area contributed by atoms with Crippen molar-refractivity contribution in [1.29, 1.82) is 0 Å². The van der Waals surface area contributed by atoms with Gasteiger partial charge in [-0.05, 0) is 35.2 Å². The number of hydrogen-bond donors (Lipinski definition) is 0. The van der Waals surface area contributed by atoms with E-state index in [-0.39, 0.29) is 5.91 Å². The second-order valence-corrected chi connectivity index (χ2v) is 7.19. The van der Waals surface area contributed by atoms with E-state index >= 15 is 0 Å². The molecule has 4 nitrogen and oxygen atoms in total. The molecule has 2 saturated heterocycles. The molecule has 2 fully saturated rings. The van der Waals surface area contributed by atoms with E-state index in [2.05, 4.69) is 26.7 Å². The maximum atomic E-state index is 12.5. The normalized spacial score (nSPS) is 25.4. The first kappa shape index (κ1) is 13.4. The molecular formula is C15H17N3OS2. The Morgan fingerprint density at radius 3 is 2.90 bits per heavy atom. The van der Waals surface area contributed by atoms with Crippen molar-refractivity contribution in [3.05, 3.63) is 39.0 Å². The molecule has 0 saturated carbocycles. The van der Waals surface area contributed by atoms with E-state index in [4.69, 9.17) is 0 Å². The van der Waals surface area contributed by atoms with Crippen LogP contribution in [0.4, 0.5) is 0 Å². The molecule has 2 aliphatic heterocycles. The van der Waals surface area contributed by atoms with Gasteiger partial charge in [0.2, 0.25) is 0 Å². The highest BCUT2D eigenvalue weighted by Crippen LogP contribution is 2.33. The summed E-state index contributed by atoms with van der Waals surface area (Å²) in [5.41, 5.74) is 3.74. The van der Waals surface area contributed by atoms with Crippen LogP contribution in [0.1, 0.15) is 28.9 Å². The van der Waals surface area contributed by atoms with Gasteiger partial charge in [0.05, 0.1) is 5.51 Å². The summed E-state index contributed by atoms with van der Waals surface area (Å²) in [6.45, 7) is 2.97. The minimum absolute atomic E-state index is 0.112. The molecule has 6 heteroatoms. The van der Waals surface area contributed by atoms with Crippen LogP contribution in [0.25, 0.3) is 0 Å². The van der Waals surface area contributed by atoms with Crippen LogP contribution >= 0.6 is 22.7 Å². The summed E-state index contributed by atoms with van der Waals surface area (Å²) < 4.78 is 0. The predicted molar refractivity (Wildman–Crippen MR) is 84.7 cm³/mol. The largest absolute Gasteiger partial charge is 0.333 e. The Morgan fingerprint density at radius 2 is 2.14 bits per heavy atom. The molecule has 2 aliphatic rings. The van der Waals surface area contributed by atoms with Crippen molar-refractivity contribution in [3.63, 3.8) is 0 Å². The van der Waals surface area contributed by atoms with Crippen molar-refractivity contribution in [1.82, 2.24) is 14.8 Å². The van der Waals surface area contributed by atoms with E-state index in [0.717, 1.165) is 32.5 Å². The third-order valence-electron chi connectivity index (χ3n) is 4.57. The lowest BCUT2D eigenvalue weighted by Crippen LogP contribution is -2.39. The highest BCUT2D eigenvalue weighted by Gasteiger charge is 2.44. The van der Waals surface area contributed by atoms with E-state index in [9.17, 15) is 4.79 Å². The Balaban J connectivity index is 1.47. The molecule has 21 heavy (non-hydrogen) atoms. The Bertz CT molecular complexity index is 611. The number of carbonyl (C=O) groups excluding carboxylic acids is 1. The lowest BCUT2D eigenvalue weighted by molar-refractivity contribution is 0.0727. The molecule has 2 aromatic rings.